The van der Waals surface area contributed by atoms with Crippen LogP contribution in [0.15, 0.2) is 0 Å². The SMILES string of the molecule is C[CH2][AlH2].Cl.Cl.[GaH3]. The van der Waals surface area contributed by atoms with Crippen molar-refractivity contribution in [2.24, 2.45) is 0 Å². The zero-order chi connectivity index (χ0) is 2.71. The van der Waals surface area contributed by atoms with Crippen LogP contribution >= 0.6 is 24.8 Å². The van der Waals surface area contributed by atoms with Gasteiger partial charge in [0, 0.05) is 0 Å². The van der Waals surface area contributed by atoms with Gasteiger partial charge in [0.2, 0.25) is 16.3 Å². The van der Waals surface area contributed by atoms with E-state index >= 15 is 0 Å². The summed E-state index contributed by atoms with van der Waals surface area (Å²) in [4.78, 5) is 0. The molecule has 0 aliphatic heterocycles. The van der Waals surface area contributed by atoms with Crippen molar-refractivity contribution in [3.05, 3.63) is 0 Å². The van der Waals surface area contributed by atoms with Crippen LogP contribution in [0.25, 0.3) is 0 Å². The standard InChI is InChI=1S/C2H5.Al.2ClH.Ga.5H/c1-2;;;;;;;;;/h1H2,2H3;;2*1H;;;;;;. The second-order valence-corrected chi connectivity index (χ2v) is 2.12. The van der Waals surface area contributed by atoms with Crippen molar-refractivity contribution in [2.75, 3.05) is 0 Å². The van der Waals surface area contributed by atoms with Gasteiger partial charge >= 0.3 is 19.8 Å². The maximum absolute atomic E-state index is 2.19. The Labute approximate surface area is 72.8 Å². The Kier molecular flexibility index (Phi) is 124. The van der Waals surface area contributed by atoms with Gasteiger partial charge in [0.05, 0.1) is 0 Å². The Morgan fingerprint density at radius 2 is 1.33 bits per heavy atom. The molecule has 4 heteroatoms. The molecule has 0 aromatic heterocycles. The molecule has 0 aromatic rings. The first-order valence-corrected chi connectivity index (χ1v) is 2.83. The zero-order valence-corrected chi connectivity index (χ0v) is 7.16. The number of halogens is 2. The summed E-state index contributed by atoms with van der Waals surface area (Å²) in [5.74, 6) is 0. The summed E-state index contributed by atoms with van der Waals surface area (Å²) < 4.78 is 0. The number of hydrogen-bond acceptors (Lipinski definition) is 0. The first kappa shape index (κ1) is 25.1. The van der Waals surface area contributed by atoms with E-state index in [-0.39, 0.29) is 44.6 Å². The van der Waals surface area contributed by atoms with E-state index in [2.05, 4.69) is 6.92 Å². The van der Waals surface area contributed by atoms with Gasteiger partial charge in [-0.1, -0.05) is 6.92 Å². The van der Waals surface area contributed by atoms with Crippen molar-refractivity contribution in [3.8, 4) is 0 Å². The molecular weight excluding hydrogens is 192 g/mol. The summed E-state index contributed by atoms with van der Waals surface area (Å²) in [6.45, 7) is 2.19. The normalized spacial score (nSPS) is 2.83. The molecule has 0 amide bonds. The molecule has 0 atom stereocenters. The molecule has 0 spiro atoms. The Balaban J connectivity index is -0.00000000667. The summed E-state index contributed by atoms with van der Waals surface area (Å²) in [7, 11) is 0. The van der Waals surface area contributed by atoms with Gasteiger partial charge < -0.3 is 0 Å². The van der Waals surface area contributed by atoms with E-state index in [9.17, 15) is 0 Å². The van der Waals surface area contributed by atoms with E-state index in [4.69, 9.17) is 0 Å². The molecule has 0 aliphatic rings. The van der Waals surface area contributed by atoms with Crippen LogP contribution in [-0.2, 0) is 0 Å². The van der Waals surface area contributed by atoms with E-state index < -0.39 is 0 Å². The Bertz CT molecular complexity index is 11.5. The Morgan fingerprint density at radius 1 is 1.33 bits per heavy atom. The third-order valence-electron chi connectivity index (χ3n) is 0. The van der Waals surface area contributed by atoms with Crippen LogP contribution in [-0.4, -0.2) is 36.1 Å². The van der Waals surface area contributed by atoms with Gasteiger partial charge in [-0.2, -0.15) is 0 Å². The molecule has 0 heterocycles. The first-order valence-electron chi connectivity index (χ1n) is 1.41. The molecule has 6 heavy (non-hydrogen) atoms. The van der Waals surface area contributed by atoms with Crippen LogP contribution < -0.4 is 0 Å². The summed E-state index contributed by atoms with van der Waals surface area (Å²) in [5.41, 5.74) is 0. The summed E-state index contributed by atoms with van der Waals surface area (Å²) >= 11 is 1.37. The van der Waals surface area contributed by atoms with Crippen molar-refractivity contribution >= 4 is 60.9 Å². The monoisotopic (exact) mass is 202 g/mol. The number of rotatable bonds is 0. The molecule has 0 nitrogen and oxygen atoms in total. The fraction of sp³-hybridized carbons (Fsp3) is 1.00. The van der Waals surface area contributed by atoms with E-state index in [1.54, 1.807) is 0 Å². The third-order valence-corrected chi connectivity index (χ3v) is 0. The molecule has 0 radical (unpaired) electrons. The fourth-order valence-electron chi connectivity index (χ4n) is 0. The molecule has 0 bridgehead atoms. The van der Waals surface area contributed by atoms with Crippen LogP contribution in [0.5, 0.6) is 0 Å². The van der Waals surface area contributed by atoms with Crippen molar-refractivity contribution in [1.29, 1.82) is 0 Å². The van der Waals surface area contributed by atoms with Crippen molar-refractivity contribution in [1.82, 2.24) is 0 Å². The van der Waals surface area contributed by atoms with Gasteiger partial charge in [-0.3, -0.25) is 0 Å². The Hall–Kier alpha value is 1.75. The van der Waals surface area contributed by atoms with Crippen LogP contribution in [0.4, 0.5) is 0 Å². The second-order valence-electron chi connectivity index (χ2n) is 0.707. The average Bonchev–Trinajstić information content (AvgIpc) is 0.918. The van der Waals surface area contributed by atoms with Crippen LogP contribution in [0.3, 0.4) is 0 Å². The van der Waals surface area contributed by atoms with Gasteiger partial charge in [0.1, 0.15) is 0 Å². The molecule has 40 valence electrons. The average molecular weight is 204 g/mol. The molecular formula is C2H12AlCl2Ga. The Morgan fingerprint density at radius 3 is 1.33 bits per heavy atom. The second kappa shape index (κ2) is 29.5. The van der Waals surface area contributed by atoms with E-state index in [0.29, 0.717) is 0 Å². The molecule has 0 aromatic carbocycles. The first-order chi connectivity index (χ1) is 1.41. The third kappa shape index (κ3) is 42.4. The van der Waals surface area contributed by atoms with Crippen molar-refractivity contribution in [2.45, 2.75) is 12.2 Å². The van der Waals surface area contributed by atoms with Gasteiger partial charge in [-0.15, -0.1) is 30.1 Å². The molecule has 0 saturated carbocycles. The molecule has 0 rings (SSSR count). The molecule has 0 saturated heterocycles. The van der Waals surface area contributed by atoms with Gasteiger partial charge in [-0.25, -0.2) is 0 Å². The minimum atomic E-state index is 0. The van der Waals surface area contributed by atoms with E-state index in [1.807, 2.05) is 0 Å². The summed E-state index contributed by atoms with van der Waals surface area (Å²) in [6, 6.07) is 0. The van der Waals surface area contributed by atoms with Crippen LogP contribution in [0.1, 0.15) is 6.92 Å². The molecule has 0 fully saturated rings. The van der Waals surface area contributed by atoms with E-state index in [1.165, 1.54) is 21.6 Å². The van der Waals surface area contributed by atoms with Gasteiger partial charge in [0.15, 0.2) is 0 Å². The fourth-order valence-corrected chi connectivity index (χ4v) is 0. The predicted octanol–water partition coefficient (Wildman–Crippen LogP) is -0.283. The van der Waals surface area contributed by atoms with Crippen molar-refractivity contribution < 1.29 is 0 Å². The molecule has 0 unspecified atom stereocenters. The topological polar surface area (TPSA) is 0 Å². The summed E-state index contributed by atoms with van der Waals surface area (Å²) in [6.07, 6.45) is 0. The van der Waals surface area contributed by atoms with E-state index in [0.717, 1.165) is 0 Å². The molecule has 0 N–H and O–H groups in total. The van der Waals surface area contributed by atoms with Crippen molar-refractivity contribution in [3.63, 3.8) is 0 Å². The quantitative estimate of drug-likeness (QED) is 0.475. The maximum atomic E-state index is 2.19. The molecule has 0 aliphatic carbocycles. The van der Waals surface area contributed by atoms with Gasteiger partial charge in [0.25, 0.3) is 0 Å². The minimum absolute atomic E-state index is 0. The van der Waals surface area contributed by atoms with Crippen LogP contribution in [0.2, 0.25) is 5.28 Å². The summed E-state index contributed by atoms with van der Waals surface area (Å²) in [5, 5.41) is 1.39. The van der Waals surface area contributed by atoms with Gasteiger partial charge in [-0.05, 0) is 0 Å². The zero-order valence-electron chi connectivity index (χ0n) is 3.52. The predicted molar refractivity (Wildman–Crippen MR) is 43.5 cm³/mol. The van der Waals surface area contributed by atoms with Crippen LogP contribution in [0, 0.1) is 0 Å². The number of hydrogen-bond donors (Lipinski definition) is 0.